The van der Waals surface area contributed by atoms with Crippen LogP contribution in [-0.2, 0) is 11.4 Å². The van der Waals surface area contributed by atoms with Gasteiger partial charge in [0.1, 0.15) is 18.2 Å². The van der Waals surface area contributed by atoms with Crippen molar-refractivity contribution in [1.29, 1.82) is 5.26 Å². The summed E-state index contributed by atoms with van der Waals surface area (Å²) in [6.45, 7) is 1.90. The second-order valence-electron chi connectivity index (χ2n) is 7.60. The number of halogens is 1. The van der Waals surface area contributed by atoms with E-state index in [-0.39, 0.29) is 34.6 Å². The van der Waals surface area contributed by atoms with Crippen LogP contribution in [0.25, 0.3) is 6.08 Å². The van der Waals surface area contributed by atoms with Crippen LogP contribution in [0.3, 0.4) is 0 Å². The number of rotatable bonds is 9. The van der Waals surface area contributed by atoms with E-state index in [1.54, 1.807) is 24.3 Å². The summed E-state index contributed by atoms with van der Waals surface area (Å²) < 4.78 is 11.2. The molecular weight excluding hydrogens is 468 g/mol. The minimum absolute atomic E-state index is 0.0651. The van der Waals surface area contributed by atoms with Crippen molar-refractivity contribution >= 4 is 29.6 Å². The fraction of sp³-hybridized carbons (Fsp3) is 0.148. The van der Waals surface area contributed by atoms with Crippen molar-refractivity contribution in [3.05, 3.63) is 99.6 Å². The Hall–Kier alpha value is -4.28. The number of ether oxygens (including phenoxy) is 2. The van der Waals surface area contributed by atoms with Crippen LogP contribution < -0.4 is 14.8 Å². The molecule has 0 spiro atoms. The maximum absolute atomic E-state index is 12.7. The monoisotopic (exact) mass is 490 g/mol. The molecule has 0 unspecified atom stereocenters. The standard InChI is InChI=1S/C27H23ClN2O5/c1-17(20-8-4-3-5-9-20)30-26(31)22(15-29)12-19-13-23(28)25(24(14-19)34-2)35-16-18-7-6-10-21(11-18)27(32)33/h3-14,17H,16H2,1-2H3,(H,30,31)(H,32,33)/b22-12-/t17-/m0/s1. The van der Waals surface area contributed by atoms with Crippen molar-refractivity contribution in [3.63, 3.8) is 0 Å². The highest BCUT2D eigenvalue weighted by atomic mass is 35.5. The van der Waals surface area contributed by atoms with Gasteiger partial charge in [0.25, 0.3) is 5.91 Å². The summed E-state index contributed by atoms with van der Waals surface area (Å²) in [6.07, 6.45) is 1.42. The average molecular weight is 491 g/mol. The molecule has 0 heterocycles. The first-order chi connectivity index (χ1) is 16.8. The molecule has 7 nitrogen and oxygen atoms in total. The van der Waals surface area contributed by atoms with Crippen molar-refractivity contribution in [2.75, 3.05) is 7.11 Å². The summed E-state index contributed by atoms with van der Waals surface area (Å²) in [6, 6.07) is 20.6. The number of carbonyl (C=O) groups excluding carboxylic acids is 1. The van der Waals surface area contributed by atoms with Gasteiger partial charge in [0.2, 0.25) is 0 Å². The molecule has 0 aliphatic heterocycles. The third kappa shape index (κ3) is 6.62. The fourth-order valence-electron chi connectivity index (χ4n) is 3.33. The van der Waals surface area contributed by atoms with E-state index in [1.165, 1.54) is 25.3 Å². The lowest BCUT2D eigenvalue weighted by molar-refractivity contribution is -0.117. The molecule has 0 aliphatic carbocycles. The molecule has 0 aromatic heterocycles. The smallest absolute Gasteiger partial charge is 0.335 e. The molecule has 3 aromatic carbocycles. The largest absolute Gasteiger partial charge is 0.493 e. The molecule has 2 N–H and O–H groups in total. The molecule has 8 heteroatoms. The summed E-state index contributed by atoms with van der Waals surface area (Å²) in [5.41, 5.74) is 2.09. The fourth-order valence-corrected chi connectivity index (χ4v) is 3.60. The van der Waals surface area contributed by atoms with Crippen LogP contribution in [0.4, 0.5) is 0 Å². The highest BCUT2D eigenvalue weighted by Gasteiger charge is 2.16. The number of nitrogens with zero attached hydrogens (tertiary/aromatic N) is 1. The van der Waals surface area contributed by atoms with Gasteiger partial charge in [-0.2, -0.15) is 5.26 Å². The van der Waals surface area contributed by atoms with E-state index in [2.05, 4.69) is 5.32 Å². The van der Waals surface area contributed by atoms with E-state index in [1.807, 2.05) is 43.3 Å². The third-order valence-corrected chi connectivity index (χ3v) is 5.41. The number of hydrogen-bond donors (Lipinski definition) is 2. The van der Waals surface area contributed by atoms with Crippen LogP contribution in [0.15, 0.2) is 72.3 Å². The highest BCUT2D eigenvalue weighted by Crippen LogP contribution is 2.37. The minimum Gasteiger partial charge on any atom is -0.493 e. The van der Waals surface area contributed by atoms with Crippen molar-refractivity contribution in [2.45, 2.75) is 19.6 Å². The number of methoxy groups -OCH3 is 1. The van der Waals surface area contributed by atoms with Crippen LogP contribution >= 0.6 is 11.6 Å². The lowest BCUT2D eigenvalue weighted by atomic mass is 10.1. The molecule has 1 atom stereocenters. The summed E-state index contributed by atoms with van der Waals surface area (Å²) in [7, 11) is 1.44. The summed E-state index contributed by atoms with van der Waals surface area (Å²) in [5.74, 6) is -0.993. The third-order valence-electron chi connectivity index (χ3n) is 5.13. The van der Waals surface area contributed by atoms with Crippen molar-refractivity contribution in [2.24, 2.45) is 0 Å². The first-order valence-corrected chi connectivity index (χ1v) is 11.0. The number of carbonyl (C=O) groups is 2. The Labute approximate surface area is 208 Å². The summed E-state index contributed by atoms with van der Waals surface area (Å²) in [4.78, 5) is 23.8. The molecule has 35 heavy (non-hydrogen) atoms. The van der Waals surface area contributed by atoms with Gasteiger partial charge in [-0.1, -0.05) is 54.1 Å². The molecule has 178 valence electrons. The quantitative estimate of drug-likeness (QED) is 0.306. The minimum atomic E-state index is -1.03. The van der Waals surface area contributed by atoms with Crippen LogP contribution in [0.2, 0.25) is 5.02 Å². The molecule has 0 fully saturated rings. The van der Waals surface area contributed by atoms with E-state index in [0.29, 0.717) is 16.9 Å². The number of nitrogens with one attached hydrogen (secondary N) is 1. The Morgan fingerprint density at radius 1 is 1.14 bits per heavy atom. The first kappa shape index (κ1) is 25.3. The van der Waals surface area contributed by atoms with Gasteiger partial charge >= 0.3 is 5.97 Å². The number of benzene rings is 3. The van der Waals surface area contributed by atoms with Crippen molar-refractivity contribution < 1.29 is 24.2 Å². The predicted molar refractivity (Wildman–Crippen MR) is 132 cm³/mol. The molecule has 0 bridgehead atoms. The van der Waals surface area contributed by atoms with E-state index in [0.717, 1.165) is 5.56 Å². The normalized spacial score (nSPS) is 11.8. The van der Waals surface area contributed by atoms with E-state index >= 15 is 0 Å². The Bertz CT molecular complexity index is 1300. The molecule has 0 radical (unpaired) electrons. The first-order valence-electron chi connectivity index (χ1n) is 10.6. The zero-order valence-corrected chi connectivity index (χ0v) is 19.9. The van der Waals surface area contributed by atoms with Gasteiger partial charge in [-0.3, -0.25) is 4.79 Å². The van der Waals surface area contributed by atoms with Gasteiger partial charge in [-0.05, 0) is 54.0 Å². The lowest BCUT2D eigenvalue weighted by Crippen LogP contribution is -2.27. The Balaban J connectivity index is 1.79. The van der Waals surface area contributed by atoms with Gasteiger partial charge < -0.3 is 19.9 Å². The van der Waals surface area contributed by atoms with Crippen LogP contribution in [0, 0.1) is 11.3 Å². The van der Waals surface area contributed by atoms with Crippen LogP contribution in [0.5, 0.6) is 11.5 Å². The SMILES string of the molecule is COc1cc(/C=C(/C#N)C(=O)N[C@@H](C)c2ccccc2)cc(Cl)c1OCc1cccc(C(=O)O)c1. The summed E-state index contributed by atoms with van der Waals surface area (Å²) in [5, 5.41) is 21.7. The van der Waals surface area contributed by atoms with Crippen molar-refractivity contribution in [3.8, 4) is 17.6 Å². The topological polar surface area (TPSA) is 109 Å². The van der Waals surface area contributed by atoms with E-state index in [4.69, 9.17) is 26.2 Å². The lowest BCUT2D eigenvalue weighted by Gasteiger charge is -2.15. The number of amides is 1. The van der Waals surface area contributed by atoms with Gasteiger partial charge in [-0.15, -0.1) is 0 Å². The van der Waals surface area contributed by atoms with Gasteiger partial charge in [0.05, 0.1) is 23.7 Å². The van der Waals surface area contributed by atoms with Crippen molar-refractivity contribution in [1.82, 2.24) is 5.32 Å². The molecule has 1 amide bonds. The Morgan fingerprint density at radius 3 is 2.54 bits per heavy atom. The molecule has 0 aliphatic rings. The number of nitriles is 1. The average Bonchev–Trinajstić information content (AvgIpc) is 2.86. The number of hydrogen-bond acceptors (Lipinski definition) is 5. The molecule has 3 rings (SSSR count). The summed E-state index contributed by atoms with van der Waals surface area (Å²) >= 11 is 6.42. The Morgan fingerprint density at radius 2 is 1.89 bits per heavy atom. The van der Waals surface area contributed by atoms with E-state index < -0.39 is 11.9 Å². The number of aromatic carboxylic acids is 1. The zero-order chi connectivity index (χ0) is 25.4. The molecule has 0 saturated heterocycles. The molecular formula is C27H23ClN2O5. The Kier molecular flexibility index (Phi) is 8.49. The molecule has 0 saturated carbocycles. The second kappa shape index (κ2) is 11.7. The predicted octanol–water partition coefficient (Wildman–Crippen LogP) is 5.41. The van der Waals surface area contributed by atoms with Crippen LogP contribution in [-0.4, -0.2) is 24.1 Å². The number of carboxylic acids is 1. The van der Waals surface area contributed by atoms with Gasteiger partial charge in [0.15, 0.2) is 11.5 Å². The van der Waals surface area contributed by atoms with Crippen LogP contribution in [0.1, 0.15) is 40.0 Å². The van der Waals surface area contributed by atoms with E-state index in [9.17, 15) is 14.9 Å². The maximum atomic E-state index is 12.7. The molecule has 3 aromatic rings. The zero-order valence-electron chi connectivity index (χ0n) is 19.1. The highest BCUT2D eigenvalue weighted by molar-refractivity contribution is 6.32. The van der Waals surface area contributed by atoms with Gasteiger partial charge in [0, 0.05) is 0 Å². The van der Waals surface area contributed by atoms with Gasteiger partial charge in [-0.25, -0.2) is 4.79 Å². The number of carboxylic acid groups (broad SMARTS) is 1. The maximum Gasteiger partial charge on any atom is 0.335 e. The second-order valence-corrected chi connectivity index (χ2v) is 8.01.